The molecule has 1 amide bonds. The highest BCUT2D eigenvalue weighted by atomic mass is 16.2. The second-order valence-corrected chi connectivity index (χ2v) is 4.97. The average Bonchev–Trinajstić information content (AvgIpc) is 2.35. The molecule has 0 aliphatic carbocycles. The van der Waals surface area contributed by atoms with Crippen LogP contribution in [0.5, 0.6) is 0 Å². The van der Waals surface area contributed by atoms with E-state index < -0.39 is 0 Å². The molecule has 0 spiro atoms. The van der Waals surface area contributed by atoms with Gasteiger partial charge in [-0.15, -0.1) is 0 Å². The van der Waals surface area contributed by atoms with Crippen LogP contribution in [0, 0.1) is 5.92 Å². The molecule has 0 aromatic carbocycles. The van der Waals surface area contributed by atoms with Crippen molar-refractivity contribution in [2.24, 2.45) is 11.7 Å². The van der Waals surface area contributed by atoms with Gasteiger partial charge in [-0.05, 0) is 12.3 Å². The van der Waals surface area contributed by atoms with E-state index in [1.54, 1.807) is 0 Å². The topological polar surface area (TPSA) is 55.1 Å². The molecule has 0 aromatic rings. The molecule has 0 bridgehead atoms. The van der Waals surface area contributed by atoms with Crippen LogP contribution >= 0.6 is 0 Å². The minimum atomic E-state index is -0.347. The van der Waals surface area contributed by atoms with Crippen molar-refractivity contribution in [3.63, 3.8) is 0 Å². The highest BCUT2D eigenvalue weighted by Gasteiger charge is 2.18. The molecule has 3 nitrogen and oxygen atoms in total. The van der Waals surface area contributed by atoms with Crippen LogP contribution in [0.25, 0.3) is 0 Å². The highest BCUT2D eigenvalue weighted by Crippen LogP contribution is 2.06. The van der Waals surface area contributed by atoms with E-state index in [1.165, 1.54) is 32.1 Å². The van der Waals surface area contributed by atoms with Crippen molar-refractivity contribution in [3.8, 4) is 0 Å². The molecule has 17 heavy (non-hydrogen) atoms. The Hall–Kier alpha value is -0.570. The van der Waals surface area contributed by atoms with Gasteiger partial charge in [0.25, 0.3) is 0 Å². The first-order valence-corrected chi connectivity index (χ1v) is 7.16. The summed E-state index contributed by atoms with van der Waals surface area (Å²) in [6.07, 6.45) is 8.43. The van der Waals surface area contributed by atoms with Gasteiger partial charge in [0.05, 0.1) is 6.04 Å². The molecule has 0 saturated heterocycles. The molecule has 0 aliphatic rings. The Bertz CT molecular complexity index is 195. The second-order valence-electron chi connectivity index (χ2n) is 4.97. The summed E-state index contributed by atoms with van der Waals surface area (Å²) in [6, 6.07) is -0.347. The van der Waals surface area contributed by atoms with Crippen LogP contribution in [0.1, 0.15) is 65.7 Å². The van der Waals surface area contributed by atoms with Gasteiger partial charge in [-0.25, -0.2) is 0 Å². The quantitative estimate of drug-likeness (QED) is 0.579. The van der Waals surface area contributed by atoms with E-state index in [9.17, 15) is 4.79 Å². The predicted molar refractivity (Wildman–Crippen MR) is 73.8 cm³/mol. The predicted octanol–water partition coefficient (Wildman–Crippen LogP) is 2.84. The SMILES string of the molecule is CCCCCCCCNC(=O)[C@@H](N)C(C)CC. The molecule has 0 saturated carbocycles. The minimum absolute atomic E-state index is 0.00732. The molecule has 102 valence electrons. The van der Waals surface area contributed by atoms with Crippen LogP contribution in [-0.4, -0.2) is 18.5 Å². The van der Waals surface area contributed by atoms with Crippen molar-refractivity contribution in [3.05, 3.63) is 0 Å². The molecule has 3 heteroatoms. The molecular formula is C14H30N2O. The first kappa shape index (κ1) is 16.4. The fourth-order valence-electron chi connectivity index (χ4n) is 1.75. The third kappa shape index (κ3) is 8.19. The maximum atomic E-state index is 11.6. The zero-order chi connectivity index (χ0) is 13.1. The van der Waals surface area contributed by atoms with E-state index in [-0.39, 0.29) is 17.9 Å². The Kier molecular flexibility index (Phi) is 10.2. The Morgan fingerprint density at radius 3 is 2.29 bits per heavy atom. The molecule has 0 aromatic heterocycles. The van der Waals surface area contributed by atoms with E-state index in [2.05, 4.69) is 19.2 Å². The van der Waals surface area contributed by atoms with Gasteiger partial charge in [-0.1, -0.05) is 59.3 Å². The smallest absolute Gasteiger partial charge is 0.237 e. The third-order valence-electron chi connectivity index (χ3n) is 3.39. The summed E-state index contributed by atoms with van der Waals surface area (Å²) in [5.41, 5.74) is 5.84. The lowest BCUT2D eigenvalue weighted by Crippen LogP contribution is -2.44. The number of hydrogen-bond acceptors (Lipinski definition) is 2. The van der Waals surface area contributed by atoms with E-state index in [1.807, 2.05) is 6.92 Å². The Balaban J connectivity index is 3.45. The number of rotatable bonds is 10. The van der Waals surface area contributed by atoms with Crippen LogP contribution in [0.3, 0.4) is 0 Å². The number of unbranched alkanes of at least 4 members (excludes halogenated alkanes) is 5. The molecule has 3 N–H and O–H groups in total. The fraction of sp³-hybridized carbons (Fsp3) is 0.929. The number of amides is 1. The lowest BCUT2D eigenvalue weighted by Gasteiger charge is -2.17. The van der Waals surface area contributed by atoms with E-state index >= 15 is 0 Å². The normalized spacial score (nSPS) is 14.4. The molecule has 0 rings (SSSR count). The zero-order valence-corrected chi connectivity index (χ0v) is 11.8. The van der Waals surface area contributed by atoms with E-state index in [0.29, 0.717) is 0 Å². The van der Waals surface area contributed by atoms with Crippen molar-refractivity contribution in [1.29, 1.82) is 0 Å². The van der Waals surface area contributed by atoms with Gasteiger partial charge >= 0.3 is 0 Å². The van der Waals surface area contributed by atoms with Crippen LogP contribution in [0.2, 0.25) is 0 Å². The number of hydrogen-bond donors (Lipinski definition) is 2. The number of carbonyl (C=O) groups is 1. The minimum Gasteiger partial charge on any atom is -0.355 e. The summed E-state index contributed by atoms with van der Waals surface area (Å²) >= 11 is 0. The number of nitrogens with two attached hydrogens (primary N) is 1. The molecular weight excluding hydrogens is 212 g/mol. The van der Waals surface area contributed by atoms with Crippen LogP contribution in [0.15, 0.2) is 0 Å². The summed E-state index contributed by atoms with van der Waals surface area (Å²) in [4.78, 5) is 11.6. The zero-order valence-electron chi connectivity index (χ0n) is 11.8. The van der Waals surface area contributed by atoms with Gasteiger partial charge in [0, 0.05) is 6.54 Å². The van der Waals surface area contributed by atoms with Crippen LogP contribution in [-0.2, 0) is 4.79 Å². The maximum Gasteiger partial charge on any atom is 0.237 e. The first-order valence-electron chi connectivity index (χ1n) is 7.16. The lowest BCUT2D eigenvalue weighted by atomic mass is 9.99. The number of carbonyl (C=O) groups excluding carboxylic acids is 1. The van der Waals surface area contributed by atoms with Crippen molar-refractivity contribution in [2.75, 3.05) is 6.54 Å². The van der Waals surface area contributed by atoms with Gasteiger partial charge < -0.3 is 11.1 Å². The molecule has 1 unspecified atom stereocenters. The van der Waals surface area contributed by atoms with Crippen LogP contribution < -0.4 is 11.1 Å². The van der Waals surface area contributed by atoms with Gasteiger partial charge in [0.1, 0.15) is 0 Å². The summed E-state index contributed by atoms with van der Waals surface area (Å²) in [5.74, 6) is 0.271. The molecule has 0 fully saturated rings. The highest BCUT2D eigenvalue weighted by molar-refractivity contribution is 5.81. The Labute approximate surface area is 107 Å². The molecule has 0 aliphatic heterocycles. The monoisotopic (exact) mass is 242 g/mol. The summed E-state index contributed by atoms with van der Waals surface area (Å²) in [5, 5.41) is 2.92. The standard InChI is InChI=1S/C14H30N2O/c1-4-6-7-8-9-10-11-16-14(17)13(15)12(3)5-2/h12-13H,4-11,15H2,1-3H3,(H,16,17)/t12?,13-/m0/s1. The van der Waals surface area contributed by atoms with Crippen molar-refractivity contribution in [2.45, 2.75) is 71.8 Å². The summed E-state index contributed by atoms with van der Waals surface area (Å²) < 4.78 is 0. The van der Waals surface area contributed by atoms with E-state index in [0.717, 1.165) is 19.4 Å². The van der Waals surface area contributed by atoms with Crippen molar-refractivity contribution in [1.82, 2.24) is 5.32 Å². The van der Waals surface area contributed by atoms with Crippen LogP contribution in [0.4, 0.5) is 0 Å². The van der Waals surface area contributed by atoms with Gasteiger partial charge in [0.15, 0.2) is 0 Å². The number of nitrogens with one attached hydrogen (secondary N) is 1. The van der Waals surface area contributed by atoms with Crippen molar-refractivity contribution < 1.29 is 4.79 Å². The Morgan fingerprint density at radius 2 is 1.71 bits per heavy atom. The van der Waals surface area contributed by atoms with Gasteiger partial charge in [0.2, 0.25) is 5.91 Å². The maximum absolute atomic E-state index is 11.6. The average molecular weight is 242 g/mol. The molecule has 0 radical (unpaired) electrons. The third-order valence-corrected chi connectivity index (χ3v) is 3.39. The lowest BCUT2D eigenvalue weighted by molar-refractivity contribution is -0.123. The van der Waals surface area contributed by atoms with Gasteiger partial charge in [-0.2, -0.15) is 0 Å². The van der Waals surface area contributed by atoms with E-state index in [4.69, 9.17) is 5.73 Å². The summed E-state index contributed by atoms with van der Waals surface area (Å²) in [7, 11) is 0. The van der Waals surface area contributed by atoms with Gasteiger partial charge in [-0.3, -0.25) is 4.79 Å². The first-order chi connectivity index (χ1) is 8.13. The second kappa shape index (κ2) is 10.6. The Morgan fingerprint density at radius 1 is 1.12 bits per heavy atom. The van der Waals surface area contributed by atoms with Crippen molar-refractivity contribution >= 4 is 5.91 Å². The fourth-order valence-corrected chi connectivity index (χ4v) is 1.75. The summed E-state index contributed by atoms with van der Waals surface area (Å²) in [6.45, 7) is 7.08. The molecule has 2 atom stereocenters. The largest absolute Gasteiger partial charge is 0.355 e. The molecule has 0 heterocycles.